The van der Waals surface area contributed by atoms with Crippen molar-refractivity contribution >= 4 is 11.0 Å². The van der Waals surface area contributed by atoms with Crippen LogP contribution in [0.25, 0.3) is 11.0 Å². The van der Waals surface area contributed by atoms with E-state index in [2.05, 4.69) is 54.1 Å². The van der Waals surface area contributed by atoms with E-state index in [-0.39, 0.29) is 0 Å². The van der Waals surface area contributed by atoms with Crippen molar-refractivity contribution in [2.45, 2.75) is 26.3 Å². The predicted molar refractivity (Wildman–Crippen MR) is 68.7 cm³/mol. The monoisotopic (exact) mass is 233 g/mol. The Morgan fingerprint density at radius 1 is 1.41 bits per heavy atom. The summed E-state index contributed by atoms with van der Waals surface area (Å²) in [4.78, 5) is 9.52. The Labute approximate surface area is 102 Å². The molecule has 0 bridgehead atoms. The number of rotatable bonds is 4. The fourth-order valence-electron chi connectivity index (χ4n) is 2.05. The Kier molecular flexibility index (Phi) is 3.45. The molecule has 1 aromatic carbocycles. The maximum Gasteiger partial charge on any atom is 0.112 e. The van der Waals surface area contributed by atoms with Crippen molar-refractivity contribution in [2.24, 2.45) is 7.05 Å². The molecule has 0 radical (unpaired) electrons. The number of nitrogens with one attached hydrogen (secondary N) is 1. The smallest absolute Gasteiger partial charge is 0.112 e. The average molecular weight is 233 g/mol. The molecule has 1 aromatic heterocycles. The van der Waals surface area contributed by atoms with Crippen molar-refractivity contribution in [3.63, 3.8) is 0 Å². The molecule has 1 heterocycles. The summed E-state index contributed by atoms with van der Waals surface area (Å²) in [5, 5.41) is 0. The lowest BCUT2D eigenvalue weighted by Gasteiger charge is -2.04. The molecule has 0 saturated heterocycles. The zero-order valence-corrected chi connectivity index (χ0v) is 10.8. The van der Waals surface area contributed by atoms with Gasteiger partial charge < -0.3 is 9.40 Å². The summed E-state index contributed by atoms with van der Waals surface area (Å²) in [6, 6.07) is 6.31. The van der Waals surface area contributed by atoms with Gasteiger partial charge in [0.2, 0.25) is 0 Å². The number of hydrogen-bond acceptors (Lipinski definition) is 3. The molecule has 0 unspecified atom stereocenters. The minimum Gasteiger partial charge on any atom is -0.331 e. The Balaban J connectivity index is 2.41. The Bertz CT molecular complexity index is 517. The average Bonchev–Trinajstić information content (AvgIpc) is 2.64. The fraction of sp³-hybridized carbons (Fsp3) is 0.462. The topological polar surface area (TPSA) is 39.1 Å². The lowest BCUT2D eigenvalue weighted by atomic mass is 10.2. The molecule has 0 amide bonds. The number of benzene rings is 1. The van der Waals surface area contributed by atoms with E-state index < -0.39 is 0 Å². The van der Waals surface area contributed by atoms with Gasteiger partial charge in [0, 0.05) is 19.5 Å². The second-order valence-electron chi connectivity index (χ2n) is 4.53. The van der Waals surface area contributed by atoms with Crippen LogP contribution in [0.5, 0.6) is 0 Å². The number of nitrogens with zero attached hydrogens (tertiary/aromatic N) is 2. The zero-order valence-electron chi connectivity index (χ0n) is 10.8. The SMILES string of the molecule is CONCc1ccc2c(c1)nc(C(C)C)n2C. The highest BCUT2D eigenvalue weighted by Crippen LogP contribution is 2.21. The van der Waals surface area contributed by atoms with E-state index in [1.54, 1.807) is 7.11 Å². The molecule has 2 rings (SSSR count). The summed E-state index contributed by atoms with van der Waals surface area (Å²) in [6.07, 6.45) is 0. The maximum atomic E-state index is 4.85. The normalized spacial score (nSPS) is 11.6. The van der Waals surface area contributed by atoms with E-state index in [1.807, 2.05) is 0 Å². The van der Waals surface area contributed by atoms with Gasteiger partial charge >= 0.3 is 0 Å². The molecule has 0 fully saturated rings. The van der Waals surface area contributed by atoms with Crippen LogP contribution in [-0.2, 0) is 18.4 Å². The van der Waals surface area contributed by atoms with Crippen LogP contribution >= 0.6 is 0 Å². The second-order valence-corrected chi connectivity index (χ2v) is 4.53. The lowest BCUT2D eigenvalue weighted by molar-refractivity contribution is 0.0867. The van der Waals surface area contributed by atoms with Gasteiger partial charge in [-0.05, 0) is 17.7 Å². The predicted octanol–water partition coefficient (Wildman–Crippen LogP) is 2.35. The first kappa shape index (κ1) is 12.1. The van der Waals surface area contributed by atoms with Crippen LogP contribution in [-0.4, -0.2) is 16.7 Å². The van der Waals surface area contributed by atoms with Crippen LogP contribution in [0.3, 0.4) is 0 Å². The minimum atomic E-state index is 0.438. The van der Waals surface area contributed by atoms with Gasteiger partial charge in [0.15, 0.2) is 0 Å². The Morgan fingerprint density at radius 2 is 2.18 bits per heavy atom. The summed E-state index contributed by atoms with van der Waals surface area (Å²) in [7, 11) is 3.69. The highest BCUT2D eigenvalue weighted by Gasteiger charge is 2.10. The van der Waals surface area contributed by atoms with E-state index >= 15 is 0 Å². The quantitative estimate of drug-likeness (QED) is 0.824. The van der Waals surface area contributed by atoms with Crippen molar-refractivity contribution in [2.75, 3.05) is 7.11 Å². The van der Waals surface area contributed by atoms with Gasteiger partial charge in [-0.15, -0.1) is 0 Å². The van der Waals surface area contributed by atoms with Crippen LogP contribution < -0.4 is 5.48 Å². The number of aromatic nitrogens is 2. The molecule has 92 valence electrons. The first-order valence-corrected chi connectivity index (χ1v) is 5.84. The molecule has 2 aromatic rings. The molecule has 0 atom stereocenters. The van der Waals surface area contributed by atoms with Gasteiger partial charge in [0.05, 0.1) is 18.1 Å². The lowest BCUT2D eigenvalue weighted by Crippen LogP contribution is -2.10. The van der Waals surface area contributed by atoms with E-state index in [4.69, 9.17) is 4.84 Å². The van der Waals surface area contributed by atoms with E-state index in [0.29, 0.717) is 12.5 Å². The third kappa shape index (κ3) is 2.33. The van der Waals surface area contributed by atoms with Gasteiger partial charge in [-0.2, -0.15) is 5.48 Å². The van der Waals surface area contributed by atoms with Crippen molar-refractivity contribution in [3.8, 4) is 0 Å². The highest BCUT2D eigenvalue weighted by atomic mass is 16.6. The first-order valence-electron chi connectivity index (χ1n) is 5.84. The van der Waals surface area contributed by atoms with Gasteiger partial charge in [-0.25, -0.2) is 4.98 Å². The molecule has 17 heavy (non-hydrogen) atoms. The largest absolute Gasteiger partial charge is 0.331 e. The first-order chi connectivity index (χ1) is 8.13. The van der Waals surface area contributed by atoms with Crippen molar-refractivity contribution in [1.29, 1.82) is 0 Å². The Morgan fingerprint density at radius 3 is 2.82 bits per heavy atom. The highest BCUT2D eigenvalue weighted by molar-refractivity contribution is 5.76. The molecule has 0 aliphatic heterocycles. The van der Waals surface area contributed by atoms with E-state index in [1.165, 1.54) is 11.1 Å². The molecule has 0 aliphatic carbocycles. The van der Waals surface area contributed by atoms with Gasteiger partial charge in [0.25, 0.3) is 0 Å². The zero-order chi connectivity index (χ0) is 12.4. The number of aryl methyl sites for hydroxylation is 1. The van der Waals surface area contributed by atoms with Gasteiger partial charge in [-0.1, -0.05) is 19.9 Å². The summed E-state index contributed by atoms with van der Waals surface area (Å²) < 4.78 is 2.16. The van der Waals surface area contributed by atoms with Crippen LogP contribution in [0.15, 0.2) is 18.2 Å². The standard InChI is InChI=1S/C13H19N3O/c1-9(2)13-15-11-7-10(8-14-17-4)5-6-12(11)16(13)3/h5-7,9,14H,8H2,1-4H3. The molecule has 4 heteroatoms. The van der Waals surface area contributed by atoms with E-state index in [0.717, 1.165) is 11.3 Å². The Hall–Kier alpha value is -1.39. The molecule has 0 saturated carbocycles. The number of hydroxylamine groups is 1. The summed E-state index contributed by atoms with van der Waals surface area (Å²) in [6.45, 7) is 5.02. The van der Waals surface area contributed by atoms with Crippen LogP contribution in [0.4, 0.5) is 0 Å². The van der Waals surface area contributed by atoms with Crippen molar-refractivity contribution in [1.82, 2.24) is 15.0 Å². The maximum absolute atomic E-state index is 4.85. The summed E-state index contributed by atoms with van der Waals surface area (Å²) >= 11 is 0. The minimum absolute atomic E-state index is 0.438. The van der Waals surface area contributed by atoms with Crippen LogP contribution in [0, 0.1) is 0 Å². The van der Waals surface area contributed by atoms with Gasteiger partial charge in [0.1, 0.15) is 5.82 Å². The molecular formula is C13H19N3O. The van der Waals surface area contributed by atoms with Crippen molar-refractivity contribution < 1.29 is 4.84 Å². The third-order valence-corrected chi connectivity index (χ3v) is 2.92. The number of fused-ring (bicyclic) bond motifs is 1. The summed E-state index contributed by atoms with van der Waals surface area (Å²) in [5.41, 5.74) is 6.24. The van der Waals surface area contributed by atoms with Crippen LogP contribution in [0.2, 0.25) is 0 Å². The molecular weight excluding hydrogens is 214 g/mol. The third-order valence-electron chi connectivity index (χ3n) is 2.92. The fourth-order valence-corrected chi connectivity index (χ4v) is 2.05. The second kappa shape index (κ2) is 4.85. The summed E-state index contributed by atoms with van der Waals surface area (Å²) in [5.74, 6) is 1.56. The van der Waals surface area contributed by atoms with E-state index in [9.17, 15) is 0 Å². The van der Waals surface area contributed by atoms with Crippen LogP contribution in [0.1, 0.15) is 31.2 Å². The van der Waals surface area contributed by atoms with Crippen molar-refractivity contribution in [3.05, 3.63) is 29.6 Å². The molecule has 0 aliphatic rings. The van der Waals surface area contributed by atoms with Gasteiger partial charge in [-0.3, -0.25) is 0 Å². The number of imidazole rings is 1. The number of hydrogen-bond donors (Lipinski definition) is 1. The molecule has 4 nitrogen and oxygen atoms in total. The molecule has 1 N–H and O–H groups in total. The molecule has 0 spiro atoms.